The van der Waals surface area contributed by atoms with Gasteiger partial charge in [-0.1, -0.05) is 0 Å². The molecule has 0 saturated heterocycles. The van der Waals surface area contributed by atoms with Crippen LogP contribution in [0.5, 0.6) is 0 Å². The zero-order valence-electron chi connectivity index (χ0n) is 15.1. The first-order valence-corrected chi connectivity index (χ1v) is 8.94. The van der Waals surface area contributed by atoms with Crippen molar-refractivity contribution >= 4 is 40.0 Å². The number of Topliss-reactive ketones (excluding diaryl/α,β-unsaturated/α-hetero) is 1. The molecular weight excluding hydrogens is 374 g/mol. The number of esters is 1. The van der Waals surface area contributed by atoms with Gasteiger partial charge in [0.05, 0.1) is 17.0 Å². The van der Waals surface area contributed by atoms with Gasteiger partial charge in [0.25, 0.3) is 0 Å². The number of carbonyl (C=O) groups is 4. The monoisotopic (exact) mass is 393 g/mol. The second-order valence-electron chi connectivity index (χ2n) is 5.60. The number of carboxylic acid groups (broad SMARTS) is 1. The molecule has 2 aromatic rings. The minimum absolute atomic E-state index is 0.00928. The van der Waals surface area contributed by atoms with E-state index in [1.54, 1.807) is 13.8 Å². The molecule has 0 unspecified atom stereocenters. The minimum atomic E-state index is -1.15. The Kier molecular flexibility index (Phi) is 6.45. The van der Waals surface area contributed by atoms with Crippen LogP contribution in [0.3, 0.4) is 0 Å². The van der Waals surface area contributed by atoms with Crippen molar-refractivity contribution in [3.05, 3.63) is 34.0 Å². The Bertz CT molecular complexity index is 899. The van der Waals surface area contributed by atoms with Gasteiger partial charge in [-0.2, -0.15) is 5.10 Å². The first-order valence-electron chi connectivity index (χ1n) is 8.12. The first kappa shape index (κ1) is 20.3. The summed E-state index contributed by atoms with van der Waals surface area (Å²) in [6.45, 7) is 5.02. The molecule has 0 radical (unpaired) electrons. The molecule has 0 aliphatic carbocycles. The fourth-order valence-corrected chi connectivity index (χ4v) is 3.50. The molecule has 144 valence electrons. The number of aryl methyl sites for hydroxylation is 1. The summed E-state index contributed by atoms with van der Waals surface area (Å²) in [6.07, 6.45) is 1.47. The Morgan fingerprint density at radius 2 is 2.04 bits per heavy atom. The summed E-state index contributed by atoms with van der Waals surface area (Å²) in [6, 6.07) is 1.33. The van der Waals surface area contributed by atoms with Crippen LogP contribution in [0.15, 0.2) is 12.3 Å². The molecular formula is C17H19N3O6S. The van der Waals surface area contributed by atoms with Gasteiger partial charge in [-0.3, -0.25) is 14.3 Å². The molecule has 1 amide bonds. The molecule has 2 N–H and O–H groups in total. The van der Waals surface area contributed by atoms with Gasteiger partial charge in [-0.05, 0) is 32.4 Å². The van der Waals surface area contributed by atoms with Gasteiger partial charge < -0.3 is 15.2 Å². The summed E-state index contributed by atoms with van der Waals surface area (Å²) in [4.78, 5) is 47.4. The Balaban J connectivity index is 2.13. The normalized spacial score (nSPS) is 10.5. The molecule has 0 atom stereocenters. The third-order valence-corrected chi connectivity index (χ3v) is 4.93. The lowest BCUT2D eigenvalue weighted by Gasteiger charge is -2.07. The van der Waals surface area contributed by atoms with E-state index >= 15 is 0 Å². The van der Waals surface area contributed by atoms with Gasteiger partial charge in [0.1, 0.15) is 5.00 Å². The Hall–Kier alpha value is -3.01. The van der Waals surface area contributed by atoms with E-state index in [1.807, 2.05) is 0 Å². The number of amides is 1. The van der Waals surface area contributed by atoms with Gasteiger partial charge in [0.15, 0.2) is 11.5 Å². The van der Waals surface area contributed by atoms with E-state index in [2.05, 4.69) is 10.4 Å². The minimum Gasteiger partial charge on any atom is -0.476 e. The average molecular weight is 393 g/mol. The van der Waals surface area contributed by atoms with Crippen molar-refractivity contribution in [3.8, 4) is 0 Å². The van der Waals surface area contributed by atoms with E-state index in [0.717, 1.165) is 11.3 Å². The molecule has 2 rings (SSSR count). The summed E-state index contributed by atoms with van der Waals surface area (Å²) in [5.74, 6) is -2.36. The number of hydrogen-bond donors (Lipinski definition) is 2. The molecule has 10 heteroatoms. The number of nitrogens with one attached hydrogen (secondary N) is 1. The quantitative estimate of drug-likeness (QED) is 0.520. The number of carbonyl (C=O) groups excluding carboxylic acids is 3. The van der Waals surface area contributed by atoms with Crippen LogP contribution in [0.1, 0.15) is 56.3 Å². The van der Waals surface area contributed by atoms with Gasteiger partial charge in [-0.15, -0.1) is 11.3 Å². The van der Waals surface area contributed by atoms with E-state index in [9.17, 15) is 19.2 Å². The highest BCUT2D eigenvalue weighted by atomic mass is 32.1. The predicted octanol–water partition coefficient (Wildman–Crippen LogP) is 2.36. The van der Waals surface area contributed by atoms with Crippen molar-refractivity contribution in [1.82, 2.24) is 9.78 Å². The predicted molar refractivity (Wildman–Crippen MR) is 97.5 cm³/mol. The van der Waals surface area contributed by atoms with Crippen molar-refractivity contribution in [2.45, 2.75) is 33.7 Å². The highest BCUT2D eigenvalue weighted by Crippen LogP contribution is 2.34. The number of nitrogens with zero attached hydrogens (tertiary/aromatic N) is 2. The number of ether oxygens (including phenoxy) is 1. The number of ketones is 1. The number of hydrogen-bond acceptors (Lipinski definition) is 7. The lowest BCUT2D eigenvalue weighted by Crippen LogP contribution is -2.17. The Labute approximate surface area is 158 Å². The molecule has 0 spiro atoms. The fourth-order valence-electron chi connectivity index (χ4n) is 2.39. The average Bonchev–Trinajstić information content (AvgIpc) is 3.18. The van der Waals surface area contributed by atoms with Crippen LogP contribution in [0.4, 0.5) is 5.00 Å². The number of carboxylic acids is 1. The van der Waals surface area contributed by atoms with E-state index in [4.69, 9.17) is 9.84 Å². The molecule has 2 heterocycles. The molecule has 0 fully saturated rings. The van der Waals surface area contributed by atoms with Crippen molar-refractivity contribution in [2.75, 3.05) is 11.9 Å². The van der Waals surface area contributed by atoms with Crippen LogP contribution in [0.2, 0.25) is 0 Å². The number of anilines is 1. The van der Waals surface area contributed by atoms with E-state index in [0.29, 0.717) is 10.4 Å². The van der Waals surface area contributed by atoms with Crippen molar-refractivity contribution < 1.29 is 29.0 Å². The van der Waals surface area contributed by atoms with E-state index in [-0.39, 0.29) is 41.6 Å². The van der Waals surface area contributed by atoms with Gasteiger partial charge in [0, 0.05) is 19.2 Å². The number of aromatic carboxylic acids is 1. The molecule has 2 aromatic heterocycles. The zero-order chi connectivity index (χ0) is 20.1. The second kappa shape index (κ2) is 8.58. The highest BCUT2D eigenvalue weighted by Gasteiger charge is 2.25. The standard InChI is InChI=1S/C17H19N3O6S/c1-4-26-17(25)13-9(2)14(10(3)21)27-15(13)18-12(22)6-8-20-7-5-11(19-20)16(23)24/h5,7H,4,6,8H2,1-3H3,(H,18,22)(H,23,24). The van der Waals surface area contributed by atoms with Gasteiger partial charge in [-0.25, -0.2) is 9.59 Å². The highest BCUT2D eigenvalue weighted by molar-refractivity contribution is 7.18. The van der Waals surface area contributed by atoms with Gasteiger partial charge in [0.2, 0.25) is 5.91 Å². The van der Waals surface area contributed by atoms with Crippen molar-refractivity contribution in [1.29, 1.82) is 0 Å². The Morgan fingerprint density at radius 3 is 2.59 bits per heavy atom. The largest absolute Gasteiger partial charge is 0.476 e. The van der Waals surface area contributed by atoms with Crippen molar-refractivity contribution in [2.24, 2.45) is 0 Å². The fraction of sp³-hybridized carbons (Fsp3) is 0.353. The van der Waals surface area contributed by atoms with Crippen LogP contribution in [-0.4, -0.2) is 45.1 Å². The second-order valence-corrected chi connectivity index (χ2v) is 6.62. The number of thiophene rings is 1. The molecule has 9 nitrogen and oxygen atoms in total. The zero-order valence-corrected chi connectivity index (χ0v) is 15.9. The SMILES string of the molecule is CCOC(=O)c1c(NC(=O)CCn2ccc(C(=O)O)n2)sc(C(C)=O)c1C. The first-order chi connectivity index (χ1) is 12.7. The van der Waals surface area contributed by atoms with Crippen LogP contribution in [0.25, 0.3) is 0 Å². The molecule has 0 bridgehead atoms. The molecule has 0 aliphatic rings. The summed E-state index contributed by atoms with van der Waals surface area (Å²) < 4.78 is 6.36. The van der Waals surface area contributed by atoms with E-state index in [1.165, 1.54) is 23.9 Å². The summed E-state index contributed by atoms with van der Waals surface area (Å²) in [7, 11) is 0. The number of aromatic nitrogens is 2. The Morgan fingerprint density at radius 1 is 1.33 bits per heavy atom. The van der Waals surface area contributed by atoms with E-state index < -0.39 is 17.8 Å². The lowest BCUT2D eigenvalue weighted by atomic mass is 10.1. The van der Waals surface area contributed by atoms with Gasteiger partial charge >= 0.3 is 11.9 Å². The van der Waals surface area contributed by atoms with Crippen LogP contribution < -0.4 is 5.32 Å². The third-order valence-electron chi connectivity index (χ3n) is 3.63. The molecule has 0 aromatic carbocycles. The maximum absolute atomic E-state index is 12.3. The topological polar surface area (TPSA) is 128 Å². The molecule has 27 heavy (non-hydrogen) atoms. The van der Waals surface area contributed by atoms with Crippen LogP contribution in [0, 0.1) is 6.92 Å². The maximum Gasteiger partial charge on any atom is 0.356 e. The maximum atomic E-state index is 12.3. The summed E-state index contributed by atoms with van der Waals surface area (Å²) in [5.41, 5.74) is 0.534. The van der Waals surface area contributed by atoms with Crippen LogP contribution in [-0.2, 0) is 16.1 Å². The number of rotatable bonds is 8. The molecule has 0 aliphatic heterocycles. The van der Waals surface area contributed by atoms with Crippen LogP contribution >= 0.6 is 11.3 Å². The summed E-state index contributed by atoms with van der Waals surface area (Å²) in [5, 5.41) is 15.6. The van der Waals surface area contributed by atoms with Crippen molar-refractivity contribution in [3.63, 3.8) is 0 Å². The molecule has 0 saturated carbocycles. The summed E-state index contributed by atoms with van der Waals surface area (Å²) >= 11 is 1.02. The smallest absolute Gasteiger partial charge is 0.356 e. The third kappa shape index (κ3) is 4.79. The lowest BCUT2D eigenvalue weighted by molar-refractivity contribution is -0.116.